The van der Waals surface area contributed by atoms with Gasteiger partial charge in [-0.15, -0.1) is 0 Å². The number of aromatic amines is 1. The van der Waals surface area contributed by atoms with Gasteiger partial charge in [0.15, 0.2) is 0 Å². The lowest BCUT2D eigenvalue weighted by atomic mass is 10.0. The van der Waals surface area contributed by atoms with E-state index < -0.39 is 11.9 Å². The molecule has 7 nitrogen and oxygen atoms in total. The summed E-state index contributed by atoms with van der Waals surface area (Å²) in [6, 6.07) is 23.5. The van der Waals surface area contributed by atoms with Gasteiger partial charge in [-0.3, -0.25) is 4.79 Å². The fraction of sp³-hybridized carbons (Fsp3) is 0.290. The number of rotatable bonds is 7. The molecule has 2 fully saturated rings. The Bertz CT molecular complexity index is 1460. The highest BCUT2D eigenvalue weighted by Gasteiger charge is 2.42. The number of likely N-dealkylation sites (tertiary alicyclic amines) is 2. The molecule has 4 aromatic rings. The van der Waals surface area contributed by atoms with Gasteiger partial charge in [-0.05, 0) is 42.0 Å². The molecule has 2 aliphatic rings. The number of ether oxygens (including phenoxy) is 1. The second kappa shape index (κ2) is 11.3. The van der Waals surface area contributed by atoms with Gasteiger partial charge in [0, 0.05) is 49.7 Å². The van der Waals surface area contributed by atoms with Gasteiger partial charge in [0.05, 0.1) is 16.6 Å². The van der Waals surface area contributed by atoms with Crippen molar-refractivity contribution >= 4 is 34.5 Å². The summed E-state index contributed by atoms with van der Waals surface area (Å²) in [5.41, 5.74) is 1.87. The molecule has 0 aliphatic carbocycles. The van der Waals surface area contributed by atoms with Crippen LogP contribution in [-0.4, -0.2) is 59.5 Å². The molecule has 3 atom stereocenters. The number of fused-ring (bicyclic) bond motifs is 2. The van der Waals surface area contributed by atoms with Crippen LogP contribution in [0.15, 0.2) is 78.9 Å². The fourth-order valence-electron chi connectivity index (χ4n) is 5.99. The van der Waals surface area contributed by atoms with Gasteiger partial charge < -0.3 is 24.8 Å². The predicted octanol–water partition coefficient (Wildman–Crippen LogP) is 5.88. The molecule has 40 heavy (non-hydrogen) atoms. The van der Waals surface area contributed by atoms with Gasteiger partial charge in [0.2, 0.25) is 5.88 Å². The quantitative estimate of drug-likeness (QED) is 0.296. The van der Waals surface area contributed by atoms with Crippen LogP contribution in [0.25, 0.3) is 10.9 Å². The number of para-hydroxylation sites is 1. The zero-order valence-electron chi connectivity index (χ0n) is 21.9. The molecule has 0 saturated carbocycles. The van der Waals surface area contributed by atoms with Crippen molar-refractivity contribution in [2.24, 2.45) is 11.8 Å². The van der Waals surface area contributed by atoms with Crippen molar-refractivity contribution in [3.63, 3.8) is 0 Å². The van der Waals surface area contributed by atoms with E-state index in [9.17, 15) is 14.0 Å². The largest absolute Gasteiger partial charge is 0.414 e. The number of nitrogens with one attached hydrogen (secondary N) is 2. The summed E-state index contributed by atoms with van der Waals surface area (Å²) in [4.78, 5) is 33.1. The van der Waals surface area contributed by atoms with E-state index >= 15 is 0 Å². The highest BCUT2D eigenvalue weighted by atomic mass is 35.5. The summed E-state index contributed by atoms with van der Waals surface area (Å²) in [6.45, 7) is 3.65. The molecule has 3 heterocycles. The zero-order valence-corrected chi connectivity index (χ0v) is 22.6. The van der Waals surface area contributed by atoms with E-state index in [0.29, 0.717) is 37.2 Å². The first-order valence-electron chi connectivity index (χ1n) is 13.5. The normalized spacial score (nSPS) is 19.5. The maximum absolute atomic E-state index is 14.3. The number of aromatic nitrogens is 1. The van der Waals surface area contributed by atoms with Crippen molar-refractivity contribution < 1.29 is 18.7 Å². The first-order chi connectivity index (χ1) is 19.4. The van der Waals surface area contributed by atoms with Crippen LogP contribution in [0, 0.1) is 17.7 Å². The third-order valence-corrected chi connectivity index (χ3v) is 8.28. The third-order valence-electron chi connectivity index (χ3n) is 7.96. The Hall–Kier alpha value is -3.88. The lowest BCUT2D eigenvalue weighted by molar-refractivity contribution is 0.0769. The van der Waals surface area contributed by atoms with Gasteiger partial charge in [0.25, 0.3) is 5.91 Å². The molecule has 6 rings (SSSR count). The van der Waals surface area contributed by atoms with Crippen LogP contribution in [0.5, 0.6) is 5.88 Å². The van der Waals surface area contributed by atoms with E-state index in [0.717, 1.165) is 36.1 Å². The summed E-state index contributed by atoms with van der Waals surface area (Å²) in [6.07, 6.45) is 0.193. The molecule has 1 aromatic heterocycles. The Kier molecular flexibility index (Phi) is 7.45. The molecule has 2 amide bonds. The molecular formula is C31H30ClFN4O3. The van der Waals surface area contributed by atoms with E-state index in [1.54, 1.807) is 11.0 Å². The summed E-state index contributed by atoms with van der Waals surface area (Å²) in [7, 11) is 0. The van der Waals surface area contributed by atoms with E-state index in [2.05, 4.69) is 15.2 Å². The molecule has 3 aromatic carbocycles. The van der Waals surface area contributed by atoms with E-state index in [4.69, 9.17) is 16.3 Å². The van der Waals surface area contributed by atoms with Gasteiger partial charge in [0.1, 0.15) is 5.82 Å². The van der Waals surface area contributed by atoms with Crippen LogP contribution >= 0.6 is 11.6 Å². The van der Waals surface area contributed by atoms with Crippen LogP contribution < -0.4 is 10.1 Å². The summed E-state index contributed by atoms with van der Waals surface area (Å²) in [5, 5.41) is 4.16. The summed E-state index contributed by atoms with van der Waals surface area (Å²) < 4.78 is 19.9. The number of amides is 2. The van der Waals surface area contributed by atoms with Crippen molar-refractivity contribution in [3.8, 4) is 5.88 Å². The lowest BCUT2D eigenvalue weighted by Gasteiger charge is -2.25. The molecule has 0 radical (unpaired) electrons. The first-order valence-corrected chi connectivity index (χ1v) is 13.9. The Morgan fingerprint density at radius 1 is 0.975 bits per heavy atom. The molecule has 2 saturated heterocycles. The van der Waals surface area contributed by atoms with Gasteiger partial charge >= 0.3 is 6.09 Å². The zero-order chi connectivity index (χ0) is 27.6. The van der Waals surface area contributed by atoms with Gasteiger partial charge in [-0.1, -0.05) is 66.2 Å². The molecule has 2 unspecified atom stereocenters. The van der Waals surface area contributed by atoms with E-state index in [1.165, 1.54) is 12.1 Å². The van der Waals surface area contributed by atoms with Crippen molar-refractivity contribution in [2.75, 3.05) is 32.7 Å². The Labute approximate surface area is 236 Å². The standard InChI is InChI=1S/C31H30ClFN4O3/c32-24-10-6-11-25(33)29(24)30(38)37-18-22-16-36(17-23(22)19-37)14-13-27(20-7-2-1-3-8-20)35-31(39)40-28-15-21-9-4-5-12-26(21)34-28/h1-12,15,22-23,27,34H,13-14,16-19H2,(H,35,39)/t22-,23?,27?/m0/s1. The van der Waals surface area contributed by atoms with E-state index in [-0.39, 0.29) is 22.5 Å². The number of carbonyl (C=O) groups excluding carboxylic acids is 2. The molecule has 2 aliphatic heterocycles. The van der Waals surface area contributed by atoms with Crippen molar-refractivity contribution in [3.05, 3.63) is 101 Å². The van der Waals surface area contributed by atoms with Gasteiger partial charge in [-0.25, -0.2) is 9.18 Å². The van der Waals surface area contributed by atoms with Crippen LogP contribution in [0.3, 0.4) is 0 Å². The molecular weight excluding hydrogens is 531 g/mol. The topological polar surface area (TPSA) is 77.7 Å². The number of nitrogens with zero attached hydrogens (tertiary/aromatic N) is 2. The number of H-pyrrole nitrogens is 1. The second-order valence-electron chi connectivity index (χ2n) is 10.6. The predicted molar refractivity (Wildman–Crippen MR) is 152 cm³/mol. The molecule has 2 N–H and O–H groups in total. The second-order valence-corrected chi connectivity index (χ2v) is 11.0. The van der Waals surface area contributed by atoms with Crippen molar-refractivity contribution in [1.29, 1.82) is 0 Å². The Morgan fingerprint density at radius 2 is 1.70 bits per heavy atom. The number of benzene rings is 3. The molecule has 9 heteroatoms. The Morgan fingerprint density at radius 3 is 2.42 bits per heavy atom. The van der Waals surface area contributed by atoms with Crippen molar-refractivity contribution in [1.82, 2.24) is 20.1 Å². The number of hydrogen-bond donors (Lipinski definition) is 2. The average Bonchev–Trinajstić information content (AvgIpc) is 3.64. The van der Waals surface area contributed by atoms with Crippen LogP contribution in [0.4, 0.5) is 9.18 Å². The maximum Gasteiger partial charge on any atom is 0.414 e. The van der Waals surface area contributed by atoms with Crippen LogP contribution in [-0.2, 0) is 0 Å². The average molecular weight is 561 g/mol. The molecule has 206 valence electrons. The first kappa shape index (κ1) is 26.3. The minimum absolute atomic E-state index is 0.0443. The Balaban J connectivity index is 1.05. The molecule has 0 spiro atoms. The summed E-state index contributed by atoms with van der Waals surface area (Å²) in [5.74, 6) is 0.118. The molecule has 0 bridgehead atoms. The number of halogens is 2. The van der Waals surface area contributed by atoms with Crippen LogP contribution in [0.2, 0.25) is 5.02 Å². The SMILES string of the molecule is O=C(NC(CCN1CC2CN(C(=O)c3c(F)cccc3Cl)C[C@@H]2C1)c1ccccc1)Oc1cc2ccccc2[nH]1. The lowest BCUT2D eigenvalue weighted by Crippen LogP contribution is -2.36. The maximum atomic E-state index is 14.3. The minimum Gasteiger partial charge on any atom is -0.393 e. The smallest absolute Gasteiger partial charge is 0.393 e. The monoisotopic (exact) mass is 560 g/mol. The third kappa shape index (κ3) is 5.55. The number of hydrogen-bond acceptors (Lipinski definition) is 4. The highest BCUT2D eigenvalue weighted by molar-refractivity contribution is 6.33. The van der Waals surface area contributed by atoms with Crippen molar-refractivity contribution in [2.45, 2.75) is 12.5 Å². The highest BCUT2D eigenvalue weighted by Crippen LogP contribution is 2.34. The van der Waals surface area contributed by atoms with Gasteiger partial charge in [-0.2, -0.15) is 0 Å². The minimum atomic E-state index is -0.585. The van der Waals surface area contributed by atoms with E-state index in [1.807, 2.05) is 60.7 Å². The number of carbonyl (C=O) groups is 2. The van der Waals surface area contributed by atoms with Crippen LogP contribution in [0.1, 0.15) is 28.4 Å². The summed E-state index contributed by atoms with van der Waals surface area (Å²) >= 11 is 6.13. The fourth-order valence-corrected chi connectivity index (χ4v) is 6.24.